The molecule has 2 fully saturated rings. The summed E-state index contributed by atoms with van der Waals surface area (Å²) in [6.45, 7) is 9.09. The third-order valence-corrected chi connectivity index (χ3v) is 5.32. The summed E-state index contributed by atoms with van der Waals surface area (Å²) in [5.41, 5.74) is 4.64. The minimum Gasteiger partial charge on any atom is -0.365 e. The van der Waals surface area contributed by atoms with Crippen LogP contribution in [0.3, 0.4) is 0 Å². The smallest absolute Gasteiger partial charge is 0.0413 e. The Bertz CT molecular complexity index is 474. The van der Waals surface area contributed by atoms with Crippen LogP contribution in [0.1, 0.15) is 50.2 Å². The van der Waals surface area contributed by atoms with Gasteiger partial charge < -0.3 is 10.2 Å². The number of aryl methyl sites for hydroxylation is 2. The Kier molecular flexibility index (Phi) is 3.76. The number of anilines is 1. The summed E-state index contributed by atoms with van der Waals surface area (Å²) in [6.07, 6.45) is 6.71. The minimum atomic E-state index is 0.392. The molecule has 0 radical (unpaired) electrons. The average Bonchev–Trinajstić information content (AvgIpc) is 2.87. The zero-order valence-corrected chi connectivity index (χ0v) is 13.2. The Labute approximate surface area is 123 Å². The van der Waals surface area contributed by atoms with E-state index < -0.39 is 0 Å². The Balaban J connectivity index is 1.90. The molecule has 1 aromatic carbocycles. The van der Waals surface area contributed by atoms with Gasteiger partial charge in [-0.1, -0.05) is 37.5 Å². The van der Waals surface area contributed by atoms with E-state index in [2.05, 4.69) is 49.2 Å². The highest BCUT2D eigenvalue weighted by molar-refractivity contribution is 5.56. The van der Waals surface area contributed by atoms with Crippen LogP contribution in [0.5, 0.6) is 0 Å². The Morgan fingerprint density at radius 2 is 2.00 bits per heavy atom. The molecule has 2 aliphatic rings. The second-order valence-electron chi connectivity index (χ2n) is 6.85. The third kappa shape index (κ3) is 2.46. The number of nitrogens with one attached hydrogen (secondary N) is 1. The van der Waals surface area contributed by atoms with Gasteiger partial charge in [-0.2, -0.15) is 0 Å². The van der Waals surface area contributed by atoms with Crippen molar-refractivity contribution in [2.24, 2.45) is 0 Å². The second kappa shape index (κ2) is 5.40. The summed E-state index contributed by atoms with van der Waals surface area (Å²) in [4.78, 5) is 2.69. The second-order valence-corrected chi connectivity index (χ2v) is 6.85. The van der Waals surface area contributed by atoms with Gasteiger partial charge in [0, 0.05) is 30.4 Å². The molecule has 3 rings (SSSR count). The molecule has 1 aliphatic carbocycles. The summed E-state index contributed by atoms with van der Waals surface area (Å²) < 4.78 is 0. The molecule has 1 saturated heterocycles. The largest absolute Gasteiger partial charge is 0.365 e. The Hall–Kier alpha value is -1.02. The fraction of sp³-hybridized carbons (Fsp3) is 0.667. The van der Waals surface area contributed by atoms with Crippen LogP contribution in [0.4, 0.5) is 5.69 Å². The first-order valence-electron chi connectivity index (χ1n) is 8.22. The standard InChI is InChI=1S/C18H28N2/c1-4-16-12-19-18(9-5-6-10-18)13-20(16)17-8-7-14(2)11-15(17)3/h7-8,11,16,19H,4-6,9-10,12-13H2,1-3H3. The van der Waals surface area contributed by atoms with Gasteiger partial charge in [0.25, 0.3) is 0 Å². The molecule has 0 aromatic heterocycles. The molecule has 1 aromatic rings. The van der Waals surface area contributed by atoms with Gasteiger partial charge in [0.05, 0.1) is 0 Å². The van der Waals surface area contributed by atoms with E-state index in [4.69, 9.17) is 0 Å². The highest BCUT2D eigenvalue weighted by atomic mass is 15.3. The minimum absolute atomic E-state index is 0.392. The number of rotatable bonds is 2. The van der Waals surface area contributed by atoms with E-state index in [1.54, 1.807) is 0 Å². The van der Waals surface area contributed by atoms with Crippen molar-refractivity contribution in [2.75, 3.05) is 18.0 Å². The maximum atomic E-state index is 3.88. The van der Waals surface area contributed by atoms with Crippen molar-refractivity contribution >= 4 is 5.69 Å². The molecule has 1 heterocycles. The first-order valence-corrected chi connectivity index (χ1v) is 8.22. The van der Waals surface area contributed by atoms with Crippen molar-refractivity contribution < 1.29 is 0 Å². The summed E-state index contributed by atoms with van der Waals surface area (Å²) in [6, 6.07) is 7.56. The van der Waals surface area contributed by atoms with Gasteiger partial charge in [-0.3, -0.25) is 0 Å². The molecule has 2 nitrogen and oxygen atoms in total. The number of benzene rings is 1. The number of hydrogen-bond acceptors (Lipinski definition) is 2. The maximum Gasteiger partial charge on any atom is 0.0413 e. The summed E-state index contributed by atoms with van der Waals surface area (Å²) in [5, 5.41) is 3.88. The zero-order chi connectivity index (χ0) is 14.2. The van der Waals surface area contributed by atoms with Crippen molar-refractivity contribution in [3.05, 3.63) is 29.3 Å². The molecular formula is C18H28N2. The van der Waals surface area contributed by atoms with E-state index in [0.29, 0.717) is 11.6 Å². The van der Waals surface area contributed by atoms with Crippen LogP contribution in [0, 0.1) is 13.8 Å². The number of hydrogen-bond donors (Lipinski definition) is 1. The third-order valence-electron chi connectivity index (χ3n) is 5.32. The SMILES string of the molecule is CCC1CNC2(CCCC2)CN1c1ccc(C)cc1C. The fourth-order valence-electron chi connectivity index (χ4n) is 4.12. The van der Waals surface area contributed by atoms with E-state index in [1.165, 1.54) is 55.5 Å². The lowest BCUT2D eigenvalue weighted by Gasteiger charge is -2.48. The molecule has 1 aliphatic heterocycles. The van der Waals surface area contributed by atoms with Crippen LogP contribution < -0.4 is 10.2 Å². The molecule has 20 heavy (non-hydrogen) atoms. The van der Waals surface area contributed by atoms with E-state index in [1.807, 2.05) is 0 Å². The van der Waals surface area contributed by atoms with Crippen LogP contribution in [0.2, 0.25) is 0 Å². The van der Waals surface area contributed by atoms with Crippen LogP contribution >= 0.6 is 0 Å². The Morgan fingerprint density at radius 1 is 1.25 bits per heavy atom. The lowest BCUT2D eigenvalue weighted by molar-refractivity contribution is 0.267. The lowest BCUT2D eigenvalue weighted by atomic mass is 9.90. The predicted octanol–water partition coefficient (Wildman–Crippen LogP) is 3.80. The predicted molar refractivity (Wildman–Crippen MR) is 86.5 cm³/mol. The van der Waals surface area contributed by atoms with E-state index in [0.717, 1.165) is 6.54 Å². The van der Waals surface area contributed by atoms with Crippen molar-refractivity contribution in [1.82, 2.24) is 5.32 Å². The van der Waals surface area contributed by atoms with Gasteiger partial charge in [0.1, 0.15) is 0 Å². The van der Waals surface area contributed by atoms with Gasteiger partial charge >= 0.3 is 0 Å². The maximum absolute atomic E-state index is 3.88. The lowest BCUT2D eigenvalue weighted by Crippen LogP contribution is -2.63. The first kappa shape index (κ1) is 13.9. The van der Waals surface area contributed by atoms with Crippen molar-refractivity contribution in [1.29, 1.82) is 0 Å². The van der Waals surface area contributed by atoms with Crippen LogP contribution in [-0.2, 0) is 0 Å². The molecule has 1 unspecified atom stereocenters. The van der Waals surface area contributed by atoms with Crippen molar-refractivity contribution in [2.45, 2.75) is 64.5 Å². The van der Waals surface area contributed by atoms with Crippen LogP contribution in [-0.4, -0.2) is 24.7 Å². The topological polar surface area (TPSA) is 15.3 Å². The van der Waals surface area contributed by atoms with Crippen LogP contribution in [0.25, 0.3) is 0 Å². The fourth-order valence-corrected chi connectivity index (χ4v) is 4.12. The van der Waals surface area contributed by atoms with Crippen LogP contribution in [0.15, 0.2) is 18.2 Å². The molecule has 1 spiro atoms. The zero-order valence-electron chi connectivity index (χ0n) is 13.2. The molecule has 2 heteroatoms. The molecular weight excluding hydrogens is 244 g/mol. The van der Waals surface area contributed by atoms with E-state index >= 15 is 0 Å². The molecule has 0 amide bonds. The van der Waals surface area contributed by atoms with Gasteiger partial charge in [0.2, 0.25) is 0 Å². The van der Waals surface area contributed by atoms with E-state index in [9.17, 15) is 0 Å². The summed E-state index contributed by atoms with van der Waals surface area (Å²) >= 11 is 0. The molecule has 110 valence electrons. The van der Waals surface area contributed by atoms with Gasteiger partial charge in [-0.15, -0.1) is 0 Å². The van der Waals surface area contributed by atoms with E-state index in [-0.39, 0.29) is 0 Å². The average molecular weight is 272 g/mol. The first-order chi connectivity index (χ1) is 9.63. The van der Waals surface area contributed by atoms with Crippen molar-refractivity contribution in [3.63, 3.8) is 0 Å². The van der Waals surface area contributed by atoms with Gasteiger partial charge in [-0.25, -0.2) is 0 Å². The van der Waals surface area contributed by atoms with Crippen molar-refractivity contribution in [3.8, 4) is 0 Å². The molecule has 1 saturated carbocycles. The monoisotopic (exact) mass is 272 g/mol. The molecule has 1 N–H and O–H groups in total. The number of nitrogens with zero attached hydrogens (tertiary/aromatic N) is 1. The molecule has 0 bridgehead atoms. The summed E-state index contributed by atoms with van der Waals surface area (Å²) in [5.74, 6) is 0. The number of piperazine rings is 1. The quantitative estimate of drug-likeness (QED) is 0.881. The highest BCUT2D eigenvalue weighted by Gasteiger charge is 2.40. The molecule has 1 atom stereocenters. The van der Waals surface area contributed by atoms with Gasteiger partial charge in [0.15, 0.2) is 0 Å². The highest BCUT2D eigenvalue weighted by Crippen LogP contribution is 2.36. The van der Waals surface area contributed by atoms with Gasteiger partial charge in [-0.05, 0) is 44.7 Å². The normalized spacial score (nSPS) is 25.4. The summed E-state index contributed by atoms with van der Waals surface area (Å²) in [7, 11) is 0. The Morgan fingerprint density at radius 3 is 2.65 bits per heavy atom.